The Balaban J connectivity index is 2.15. The second-order valence-corrected chi connectivity index (χ2v) is 21.6. The molecule has 0 aromatic rings. The molecule has 4 N–H and O–H groups in total. The lowest BCUT2D eigenvalue weighted by molar-refractivity contribution is -0.147. The molecule has 1 fully saturated rings. The molecule has 0 aromatic heterocycles. The Labute approximate surface area is 439 Å². The number of nitrogens with one attached hydrogen (secondary N) is 2. The molecular weight excluding hydrogens is 973 g/mol. The van der Waals surface area contributed by atoms with Gasteiger partial charge in [-0.3, -0.25) is 53.3 Å². The molecule has 0 aliphatic carbocycles. The van der Waals surface area contributed by atoms with Crippen LogP contribution in [0.25, 0.3) is 0 Å². The van der Waals surface area contributed by atoms with Crippen molar-refractivity contribution < 1.29 is 71.5 Å². The van der Waals surface area contributed by atoms with E-state index in [0.717, 1.165) is 0 Å². The van der Waals surface area contributed by atoms with Crippen LogP contribution in [0, 0.1) is 45.3 Å². The van der Waals surface area contributed by atoms with Crippen molar-refractivity contribution in [3.05, 3.63) is 33.9 Å². The van der Waals surface area contributed by atoms with Gasteiger partial charge >= 0.3 is 41.8 Å². The van der Waals surface area contributed by atoms with Crippen LogP contribution in [-0.2, 0) is 71.5 Å². The fraction of sp³-hybridized carbons (Fsp3) is 0.685. The Morgan fingerprint density at radius 1 is 0.600 bits per heavy atom. The quantitative estimate of drug-likeness (QED) is 0.107. The van der Waals surface area contributed by atoms with Crippen LogP contribution in [-0.4, -0.2) is 133 Å². The standard InChI is InChI=1S/C54H78N6O15/c1-28-42-30(16-19-35(62)69-9)50(3,4)49(57-42)45(56-34(61)27-55)44-31(17-20-36(63)70-10)52(6,25-40(67)74-14)47(58-44)29(2)43-32(18-21-37(64)71-11)53(7,26-41(68)75-15)54(8,60-43)48-33(24-39(66)73-13)51(5,46(28)59-48)23-22-38(65)72-12/h30-33,48,58H,16-27,55H2,1-15H3,(H,56,61)/b42-28-,45-44+,47-29-/t30-,31-,32-,33+,48?,51-,52+,53+,54+/m1/s1. The zero-order chi connectivity index (χ0) is 56.2. The van der Waals surface area contributed by atoms with Crippen LogP contribution in [0.4, 0.5) is 0 Å². The number of rotatable bonds is 20. The van der Waals surface area contributed by atoms with E-state index in [1.54, 1.807) is 0 Å². The van der Waals surface area contributed by atoms with E-state index in [1.807, 2.05) is 55.4 Å². The first-order valence-corrected chi connectivity index (χ1v) is 25.4. The van der Waals surface area contributed by atoms with E-state index >= 15 is 0 Å². The van der Waals surface area contributed by atoms with Crippen LogP contribution in [0.1, 0.15) is 126 Å². The summed E-state index contributed by atoms with van der Waals surface area (Å²) in [4.78, 5) is 126. The average molecular weight is 1050 g/mol. The van der Waals surface area contributed by atoms with Gasteiger partial charge in [0.2, 0.25) is 5.91 Å². The Hall–Kier alpha value is -6.25. The molecule has 21 nitrogen and oxygen atoms in total. The number of ether oxygens (including phenoxy) is 7. The summed E-state index contributed by atoms with van der Waals surface area (Å²) in [6.07, 6.45) is -0.617. The van der Waals surface area contributed by atoms with Crippen molar-refractivity contribution in [2.75, 3.05) is 56.3 Å². The lowest BCUT2D eigenvalue weighted by atomic mass is 9.55. The SMILES string of the molecule is COC(=O)CC[C@@H]1/C2=C(\C)C3=NC([C@H](CC(=O)OC)[C@@]3(C)CCC(=O)OC)[C@]3(C)N=C(/C(C)=C4\N/C(=C(/NC(=O)CN)C(=N2)C1(C)C)[C@@H](CCC(=O)OC)[C@]4(C)CC(=O)OC)[C@@H](CCC(=O)OC)[C@]3(C)CC(=O)OC. The molecule has 75 heavy (non-hydrogen) atoms. The smallest absolute Gasteiger partial charge is 0.306 e. The van der Waals surface area contributed by atoms with Crippen molar-refractivity contribution in [2.45, 2.75) is 138 Å². The fourth-order valence-electron chi connectivity index (χ4n) is 12.8. The second-order valence-electron chi connectivity index (χ2n) is 21.6. The van der Waals surface area contributed by atoms with E-state index in [4.69, 9.17) is 53.9 Å². The van der Waals surface area contributed by atoms with Gasteiger partial charge in [-0.15, -0.1) is 0 Å². The van der Waals surface area contributed by atoms with E-state index < -0.39 is 111 Å². The van der Waals surface area contributed by atoms with Crippen molar-refractivity contribution in [3.63, 3.8) is 0 Å². The van der Waals surface area contributed by atoms with Gasteiger partial charge in [0, 0.05) is 99.5 Å². The monoisotopic (exact) mass is 1050 g/mol. The second kappa shape index (κ2) is 23.3. The molecule has 0 spiro atoms. The molecule has 8 bridgehead atoms. The largest absolute Gasteiger partial charge is 0.469 e. The fourth-order valence-corrected chi connectivity index (χ4v) is 12.8. The zero-order valence-corrected chi connectivity index (χ0v) is 46.4. The van der Waals surface area contributed by atoms with E-state index in [2.05, 4.69) is 10.6 Å². The highest BCUT2D eigenvalue weighted by atomic mass is 16.5. The maximum atomic E-state index is 14.1. The Morgan fingerprint density at radius 3 is 1.61 bits per heavy atom. The summed E-state index contributed by atoms with van der Waals surface area (Å²) in [5, 5.41) is 6.75. The minimum absolute atomic E-state index is 0.0391. The lowest BCUT2D eigenvalue weighted by Gasteiger charge is -2.48. The molecule has 21 heteroatoms. The van der Waals surface area contributed by atoms with Crippen LogP contribution in [0.2, 0.25) is 0 Å². The van der Waals surface area contributed by atoms with Crippen molar-refractivity contribution in [1.82, 2.24) is 10.6 Å². The van der Waals surface area contributed by atoms with Crippen LogP contribution in [0.3, 0.4) is 0 Å². The highest BCUT2D eigenvalue weighted by Crippen LogP contribution is 2.63. The first-order valence-electron chi connectivity index (χ1n) is 25.4. The van der Waals surface area contributed by atoms with Crippen molar-refractivity contribution in [1.29, 1.82) is 0 Å². The number of carbonyl (C=O) groups excluding carboxylic acids is 8. The van der Waals surface area contributed by atoms with Crippen LogP contribution in [0.15, 0.2) is 48.9 Å². The van der Waals surface area contributed by atoms with Gasteiger partial charge in [-0.25, -0.2) is 0 Å². The molecule has 1 unspecified atom stereocenters. The molecule has 1 saturated heterocycles. The molecule has 0 aromatic carbocycles. The first kappa shape index (κ1) is 59.6. The van der Waals surface area contributed by atoms with Gasteiger partial charge in [0.1, 0.15) is 0 Å². The number of aliphatic imine (C=N–C) groups is 3. The highest BCUT2D eigenvalue weighted by molar-refractivity contribution is 6.12. The van der Waals surface area contributed by atoms with Crippen molar-refractivity contribution in [2.24, 2.45) is 66.0 Å². The summed E-state index contributed by atoms with van der Waals surface area (Å²) >= 11 is 0. The number of methoxy groups -OCH3 is 7. The van der Waals surface area contributed by atoms with Crippen molar-refractivity contribution >= 4 is 64.8 Å². The number of esters is 7. The van der Waals surface area contributed by atoms with E-state index in [0.29, 0.717) is 45.4 Å². The number of allylic oxidation sites excluding steroid dienone is 6. The summed E-state index contributed by atoms with van der Waals surface area (Å²) in [5.41, 5.74) is 3.75. The minimum Gasteiger partial charge on any atom is -0.469 e. The predicted molar refractivity (Wildman–Crippen MR) is 274 cm³/mol. The Kier molecular flexibility index (Phi) is 18.5. The molecule has 5 heterocycles. The lowest BCUT2D eigenvalue weighted by Crippen LogP contribution is -2.55. The van der Waals surface area contributed by atoms with Crippen molar-refractivity contribution in [3.8, 4) is 0 Å². The number of nitrogens with zero attached hydrogens (tertiary/aromatic N) is 3. The molecule has 9 atom stereocenters. The summed E-state index contributed by atoms with van der Waals surface area (Å²) in [6.45, 7) is 14.7. The zero-order valence-electron chi connectivity index (χ0n) is 46.4. The number of nitrogens with two attached hydrogens (primary N) is 1. The molecule has 414 valence electrons. The predicted octanol–water partition coefficient (Wildman–Crippen LogP) is 4.94. The van der Waals surface area contributed by atoms with Gasteiger partial charge in [-0.05, 0) is 57.6 Å². The number of fused-ring (bicyclic) bond motifs is 6. The van der Waals surface area contributed by atoms with Gasteiger partial charge in [0.05, 0.1) is 98.6 Å². The maximum absolute atomic E-state index is 14.1. The van der Waals surface area contributed by atoms with Gasteiger partial charge < -0.3 is 49.5 Å². The van der Waals surface area contributed by atoms with Gasteiger partial charge in [-0.2, -0.15) is 0 Å². The van der Waals surface area contributed by atoms with Gasteiger partial charge in [-0.1, -0.05) is 34.6 Å². The summed E-state index contributed by atoms with van der Waals surface area (Å²) in [5.74, 6) is -7.35. The summed E-state index contributed by atoms with van der Waals surface area (Å²) < 4.78 is 36.9. The average Bonchev–Trinajstić information content (AvgIpc) is 4.01. The number of amides is 1. The third kappa shape index (κ3) is 11.1. The Bertz CT molecular complexity index is 2540. The first-order chi connectivity index (χ1) is 35.2. The molecule has 1 amide bonds. The summed E-state index contributed by atoms with van der Waals surface area (Å²) in [6, 6.07) is -0.967. The number of hydrogen-bond acceptors (Lipinski definition) is 20. The molecule has 0 radical (unpaired) electrons. The molecule has 5 aliphatic rings. The molecule has 5 aliphatic heterocycles. The topological polar surface area (TPSA) is 288 Å². The van der Waals surface area contributed by atoms with E-state index in [1.165, 1.54) is 49.8 Å². The molecular formula is C54H78N6O15. The Morgan fingerprint density at radius 2 is 1.09 bits per heavy atom. The third-order valence-electron chi connectivity index (χ3n) is 17.4. The van der Waals surface area contributed by atoms with Gasteiger partial charge in [0.25, 0.3) is 0 Å². The third-order valence-corrected chi connectivity index (χ3v) is 17.4. The molecule has 0 saturated carbocycles. The van der Waals surface area contributed by atoms with Gasteiger partial charge in [0.15, 0.2) is 0 Å². The number of hydrogen-bond donors (Lipinski definition) is 3. The summed E-state index contributed by atoms with van der Waals surface area (Å²) in [7, 11) is 8.96. The number of carbonyl (C=O) groups is 8. The van der Waals surface area contributed by atoms with E-state index in [9.17, 15) is 38.4 Å². The van der Waals surface area contributed by atoms with E-state index in [-0.39, 0.29) is 76.3 Å². The van der Waals surface area contributed by atoms with Crippen LogP contribution >= 0.6 is 0 Å². The van der Waals surface area contributed by atoms with Crippen LogP contribution < -0.4 is 16.4 Å². The normalized spacial score (nSPS) is 32.3. The minimum atomic E-state index is -1.45. The highest BCUT2D eigenvalue weighted by Gasteiger charge is 2.67. The maximum Gasteiger partial charge on any atom is 0.306 e. The van der Waals surface area contributed by atoms with Crippen LogP contribution in [0.5, 0.6) is 0 Å². The molecule has 5 rings (SSSR count).